The number of ether oxygens (including phenoxy) is 2. The van der Waals surface area contributed by atoms with Crippen molar-refractivity contribution in [1.82, 2.24) is 15.2 Å². The Bertz CT molecular complexity index is 981. The van der Waals surface area contributed by atoms with E-state index in [1.807, 2.05) is 30.3 Å². The minimum absolute atomic E-state index is 0.0523. The number of halogens is 2. The summed E-state index contributed by atoms with van der Waals surface area (Å²) >= 11 is 1.15. The number of fused-ring (bicyclic) bond motifs is 1. The van der Waals surface area contributed by atoms with Crippen molar-refractivity contribution in [2.75, 3.05) is 11.1 Å². The van der Waals surface area contributed by atoms with Gasteiger partial charge in [-0.05, 0) is 12.1 Å². The number of nitrogens with one attached hydrogen (secondary N) is 2. The highest BCUT2D eigenvalue weighted by Gasteiger charge is 2.43. The molecule has 0 atom stereocenters. The summed E-state index contributed by atoms with van der Waals surface area (Å²) in [5.74, 6) is 0.108. The Morgan fingerprint density at radius 1 is 1.15 bits per heavy atom. The monoisotopic (exact) mass is 390 g/mol. The molecule has 2 N–H and O–H groups in total. The van der Waals surface area contributed by atoms with Gasteiger partial charge in [-0.25, -0.2) is 4.98 Å². The van der Waals surface area contributed by atoms with E-state index in [2.05, 4.69) is 30.0 Å². The normalized spacial score (nSPS) is 14.1. The van der Waals surface area contributed by atoms with E-state index in [1.165, 1.54) is 18.2 Å². The number of hydrogen-bond acceptors (Lipinski definition) is 6. The van der Waals surface area contributed by atoms with Gasteiger partial charge >= 0.3 is 6.29 Å². The molecule has 0 fully saturated rings. The van der Waals surface area contributed by atoms with Gasteiger partial charge in [0.15, 0.2) is 17.3 Å². The van der Waals surface area contributed by atoms with E-state index in [0.717, 1.165) is 17.3 Å². The second-order valence-corrected chi connectivity index (χ2v) is 6.44. The highest BCUT2D eigenvalue weighted by molar-refractivity contribution is 7.99. The van der Waals surface area contributed by atoms with Gasteiger partial charge in [0.2, 0.25) is 11.1 Å². The molecule has 4 rings (SSSR count). The third-order valence-corrected chi connectivity index (χ3v) is 4.38. The summed E-state index contributed by atoms with van der Waals surface area (Å²) in [6.45, 7) is 0. The molecule has 27 heavy (non-hydrogen) atoms. The number of carbonyl (C=O) groups is 1. The van der Waals surface area contributed by atoms with Crippen LogP contribution in [0.1, 0.15) is 0 Å². The smallest absolute Gasteiger partial charge is 0.395 e. The van der Waals surface area contributed by atoms with E-state index in [1.54, 1.807) is 0 Å². The molecular weight excluding hydrogens is 378 g/mol. The number of thioether (sulfide) groups is 1. The van der Waals surface area contributed by atoms with Crippen molar-refractivity contribution in [3.05, 3.63) is 48.5 Å². The van der Waals surface area contributed by atoms with Crippen molar-refractivity contribution in [1.29, 1.82) is 0 Å². The number of aromatic nitrogens is 3. The first-order valence-corrected chi connectivity index (χ1v) is 8.77. The Balaban J connectivity index is 1.34. The van der Waals surface area contributed by atoms with E-state index >= 15 is 0 Å². The molecule has 3 aromatic rings. The summed E-state index contributed by atoms with van der Waals surface area (Å²) in [5.41, 5.74) is 1.21. The zero-order chi connectivity index (χ0) is 18.9. The number of carbonyl (C=O) groups excluding carboxylic acids is 1. The number of hydrogen-bond donors (Lipinski definition) is 2. The SMILES string of the molecule is O=C(CSc1n[nH]c(-c2ccccc2)n1)Nc1ccc2c(c1)OC(F)(F)O2. The first-order chi connectivity index (χ1) is 13.0. The van der Waals surface area contributed by atoms with Crippen molar-refractivity contribution in [3.63, 3.8) is 0 Å². The summed E-state index contributed by atoms with van der Waals surface area (Å²) in [4.78, 5) is 16.4. The van der Waals surface area contributed by atoms with Gasteiger partial charge in [0.25, 0.3) is 0 Å². The molecule has 0 radical (unpaired) electrons. The number of amides is 1. The molecule has 0 aliphatic carbocycles. The van der Waals surface area contributed by atoms with Crippen LogP contribution < -0.4 is 14.8 Å². The summed E-state index contributed by atoms with van der Waals surface area (Å²) in [5, 5.41) is 9.91. The van der Waals surface area contributed by atoms with Gasteiger partial charge < -0.3 is 14.8 Å². The molecule has 0 spiro atoms. The van der Waals surface area contributed by atoms with Crippen LogP contribution in [0.4, 0.5) is 14.5 Å². The lowest BCUT2D eigenvalue weighted by Crippen LogP contribution is -2.25. The zero-order valence-corrected chi connectivity index (χ0v) is 14.4. The summed E-state index contributed by atoms with van der Waals surface area (Å²) in [6, 6.07) is 13.5. The third-order valence-electron chi connectivity index (χ3n) is 3.53. The molecular formula is C17H12F2N4O3S. The minimum Gasteiger partial charge on any atom is -0.395 e. The van der Waals surface area contributed by atoms with E-state index in [0.29, 0.717) is 16.7 Å². The molecule has 2 heterocycles. The first kappa shape index (κ1) is 17.3. The second-order valence-electron chi connectivity index (χ2n) is 5.50. The lowest BCUT2D eigenvalue weighted by Gasteiger charge is -2.05. The Morgan fingerprint density at radius 3 is 2.74 bits per heavy atom. The lowest BCUT2D eigenvalue weighted by atomic mass is 10.2. The molecule has 7 nitrogen and oxygen atoms in total. The standard InChI is InChI=1S/C17H12F2N4O3S/c18-17(19)25-12-7-6-11(8-13(12)26-17)20-14(24)9-27-16-21-15(22-23-16)10-4-2-1-3-5-10/h1-8H,9H2,(H,20,24)(H,21,22,23). The van der Waals surface area contributed by atoms with Gasteiger partial charge in [0.05, 0.1) is 5.75 Å². The Labute approximate surface area is 156 Å². The number of rotatable bonds is 5. The maximum Gasteiger partial charge on any atom is 0.586 e. The minimum atomic E-state index is -3.69. The molecule has 0 saturated heterocycles. The largest absolute Gasteiger partial charge is 0.586 e. The predicted octanol–water partition coefficient (Wildman–Crippen LogP) is 3.52. The van der Waals surface area contributed by atoms with E-state index in [4.69, 9.17) is 0 Å². The van der Waals surface area contributed by atoms with Gasteiger partial charge in [0.1, 0.15) is 0 Å². The van der Waals surface area contributed by atoms with Crippen LogP contribution in [0.3, 0.4) is 0 Å². The molecule has 2 aromatic carbocycles. The molecule has 138 valence electrons. The second kappa shape index (κ2) is 6.88. The van der Waals surface area contributed by atoms with Crippen LogP contribution in [0.5, 0.6) is 11.5 Å². The summed E-state index contributed by atoms with van der Waals surface area (Å²) in [6.07, 6.45) is -3.69. The van der Waals surface area contributed by atoms with Crippen LogP contribution in [0, 0.1) is 0 Å². The van der Waals surface area contributed by atoms with Gasteiger partial charge in [-0.15, -0.1) is 13.9 Å². The fourth-order valence-electron chi connectivity index (χ4n) is 2.39. The van der Waals surface area contributed by atoms with Crippen LogP contribution in [0.25, 0.3) is 11.4 Å². The Kier molecular flexibility index (Phi) is 4.40. The fraction of sp³-hybridized carbons (Fsp3) is 0.118. The Morgan fingerprint density at radius 2 is 1.93 bits per heavy atom. The zero-order valence-electron chi connectivity index (χ0n) is 13.6. The summed E-state index contributed by atoms with van der Waals surface area (Å²) in [7, 11) is 0. The number of H-pyrrole nitrogens is 1. The lowest BCUT2D eigenvalue weighted by molar-refractivity contribution is -0.286. The quantitative estimate of drug-likeness (QED) is 0.648. The molecule has 1 aromatic heterocycles. The van der Waals surface area contributed by atoms with Crippen LogP contribution in [0.2, 0.25) is 0 Å². The van der Waals surface area contributed by atoms with Crippen LogP contribution in [0.15, 0.2) is 53.7 Å². The maximum atomic E-state index is 13.0. The number of anilines is 1. The van der Waals surface area contributed by atoms with Gasteiger partial charge in [0, 0.05) is 17.3 Å². The van der Waals surface area contributed by atoms with Crippen LogP contribution >= 0.6 is 11.8 Å². The number of aromatic amines is 1. The highest BCUT2D eigenvalue weighted by Crippen LogP contribution is 2.42. The molecule has 1 amide bonds. The van der Waals surface area contributed by atoms with Crippen molar-refractivity contribution >= 4 is 23.4 Å². The van der Waals surface area contributed by atoms with Crippen molar-refractivity contribution in [2.24, 2.45) is 0 Å². The average Bonchev–Trinajstić information content (AvgIpc) is 3.23. The third kappa shape index (κ3) is 4.00. The highest BCUT2D eigenvalue weighted by atomic mass is 32.2. The van der Waals surface area contributed by atoms with Crippen molar-refractivity contribution < 1.29 is 23.0 Å². The summed E-state index contributed by atoms with van der Waals surface area (Å²) < 4.78 is 34.7. The van der Waals surface area contributed by atoms with Crippen molar-refractivity contribution in [3.8, 4) is 22.9 Å². The van der Waals surface area contributed by atoms with Crippen molar-refractivity contribution in [2.45, 2.75) is 11.5 Å². The molecule has 0 bridgehead atoms. The number of benzene rings is 2. The van der Waals surface area contributed by atoms with E-state index in [9.17, 15) is 13.6 Å². The average molecular weight is 390 g/mol. The molecule has 10 heteroatoms. The van der Waals surface area contributed by atoms with Crippen LogP contribution in [-0.4, -0.2) is 33.1 Å². The predicted molar refractivity (Wildman–Crippen MR) is 93.8 cm³/mol. The number of alkyl halides is 2. The van der Waals surface area contributed by atoms with Crippen LogP contribution in [-0.2, 0) is 4.79 Å². The van der Waals surface area contributed by atoms with Gasteiger partial charge in [-0.1, -0.05) is 42.1 Å². The topological polar surface area (TPSA) is 89.1 Å². The fourth-order valence-corrected chi connectivity index (χ4v) is 2.99. The molecule has 0 unspecified atom stereocenters. The molecule has 0 saturated carbocycles. The van der Waals surface area contributed by atoms with E-state index in [-0.39, 0.29) is 23.2 Å². The Hall–Kier alpha value is -3.14. The number of nitrogens with zero attached hydrogens (tertiary/aromatic N) is 2. The van der Waals surface area contributed by atoms with E-state index < -0.39 is 6.29 Å². The molecule has 1 aliphatic heterocycles. The van der Waals surface area contributed by atoms with Gasteiger partial charge in [-0.2, -0.15) is 0 Å². The van der Waals surface area contributed by atoms with Gasteiger partial charge in [-0.3, -0.25) is 9.89 Å². The first-order valence-electron chi connectivity index (χ1n) is 7.79. The molecule has 1 aliphatic rings. The maximum absolute atomic E-state index is 13.0.